The molecule has 1 aromatic heterocycles. The van der Waals surface area contributed by atoms with E-state index in [9.17, 15) is 0 Å². The molecule has 0 spiro atoms. The van der Waals surface area contributed by atoms with Gasteiger partial charge in [-0.2, -0.15) is 0 Å². The molecule has 2 aromatic rings. The molecule has 0 atom stereocenters. The van der Waals surface area contributed by atoms with Crippen molar-refractivity contribution < 1.29 is 0 Å². The second kappa shape index (κ2) is 7.22. The number of hydrogen-bond donors (Lipinski definition) is 2. The largest absolute Gasteiger partial charge is 0.358 e. The van der Waals surface area contributed by atoms with Gasteiger partial charge in [-0.25, -0.2) is 4.98 Å². The average molecular weight is 391 g/mol. The zero-order chi connectivity index (χ0) is 14.5. The van der Waals surface area contributed by atoms with Gasteiger partial charge in [-0.05, 0) is 51.9 Å². The van der Waals surface area contributed by atoms with Crippen LogP contribution in [0.5, 0.6) is 0 Å². The van der Waals surface area contributed by atoms with Crippen molar-refractivity contribution in [3.05, 3.63) is 56.6 Å². The van der Waals surface area contributed by atoms with Crippen molar-refractivity contribution in [2.75, 3.05) is 5.32 Å². The molecule has 0 aliphatic rings. The van der Waals surface area contributed by atoms with Crippen molar-refractivity contribution in [2.45, 2.75) is 6.54 Å². The molecule has 2 N–H and O–H groups in total. The molecule has 0 aliphatic heterocycles. The van der Waals surface area contributed by atoms with E-state index < -0.39 is 0 Å². The van der Waals surface area contributed by atoms with Gasteiger partial charge in [-0.1, -0.05) is 35.3 Å². The van der Waals surface area contributed by atoms with Crippen LogP contribution in [0, 0.1) is 0 Å². The number of aromatic nitrogens is 1. The highest BCUT2D eigenvalue weighted by atomic mass is 79.9. The van der Waals surface area contributed by atoms with E-state index in [2.05, 4.69) is 31.5 Å². The molecule has 2 rings (SSSR count). The fraction of sp³-hybridized carbons (Fsp3) is 0.0769. The summed E-state index contributed by atoms with van der Waals surface area (Å²) in [6, 6.07) is 9.31. The van der Waals surface area contributed by atoms with E-state index in [4.69, 9.17) is 35.4 Å². The summed E-state index contributed by atoms with van der Waals surface area (Å²) in [7, 11) is 0. The Labute approximate surface area is 140 Å². The zero-order valence-electron chi connectivity index (χ0n) is 10.2. The monoisotopic (exact) mass is 389 g/mol. The van der Waals surface area contributed by atoms with Gasteiger partial charge in [0.25, 0.3) is 0 Å². The molecule has 7 heteroatoms. The standard InChI is InChI=1S/C13H10BrCl2N3S/c14-11-5-10(16)7-17-12(11)19-13(20)18-6-8-1-3-9(15)4-2-8/h1-5,7H,6H2,(H2,17,18,19,20). The van der Waals surface area contributed by atoms with Gasteiger partial charge in [-0.3, -0.25) is 0 Å². The van der Waals surface area contributed by atoms with Crippen LogP contribution in [0.3, 0.4) is 0 Å². The molecular formula is C13H10BrCl2N3S. The van der Waals surface area contributed by atoms with Gasteiger partial charge >= 0.3 is 0 Å². The van der Waals surface area contributed by atoms with Gasteiger partial charge in [0.05, 0.1) is 9.50 Å². The van der Waals surface area contributed by atoms with E-state index in [1.807, 2.05) is 24.3 Å². The molecule has 0 fully saturated rings. The van der Waals surface area contributed by atoms with E-state index in [1.165, 1.54) is 0 Å². The van der Waals surface area contributed by atoms with Crippen LogP contribution >= 0.6 is 51.3 Å². The summed E-state index contributed by atoms with van der Waals surface area (Å²) in [6.45, 7) is 0.605. The fourth-order valence-corrected chi connectivity index (χ4v) is 2.48. The second-order valence-corrected chi connectivity index (χ2v) is 6.05. The molecule has 0 saturated heterocycles. The quantitative estimate of drug-likeness (QED) is 0.748. The second-order valence-electron chi connectivity index (χ2n) is 3.92. The molecule has 0 amide bonds. The number of nitrogens with zero attached hydrogens (tertiary/aromatic N) is 1. The Morgan fingerprint density at radius 3 is 2.55 bits per heavy atom. The minimum atomic E-state index is 0.482. The topological polar surface area (TPSA) is 37.0 Å². The molecule has 1 heterocycles. The average Bonchev–Trinajstić information content (AvgIpc) is 2.41. The van der Waals surface area contributed by atoms with Crippen molar-refractivity contribution in [1.29, 1.82) is 0 Å². The Balaban J connectivity index is 1.90. The molecular weight excluding hydrogens is 381 g/mol. The first kappa shape index (κ1) is 15.5. The number of benzene rings is 1. The lowest BCUT2D eigenvalue weighted by Gasteiger charge is -2.11. The van der Waals surface area contributed by atoms with Crippen LogP contribution in [0.25, 0.3) is 0 Å². The Kier molecular flexibility index (Phi) is 5.60. The summed E-state index contributed by atoms with van der Waals surface area (Å²) in [4.78, 5) is 4.15. The maximum atomic E-state index is 5.83. The van der Waals surface area contributed by atoms with E-state index >= 15 is 0 Å². The summed E-state index contributed by atoms with van der Waals surface area (Å²) in [6.07, 6.45) is 1.55. The Bertz CT molecular complexity index is 620. The van der Waals surface area contributed by atoms with Crippen LogP contribution in [0.1, 0.15) is 5.56 Å². The minimum absolute atomic E-state index is 0.482. The molecule has 0 radical (unpaired) electrons. The van der Waals surface area contributed by atoms with Crippen molar-refractivity contribution >= 4 is 62.3 Å². The summed E-state index contributed by atoms with van der Waals surface area (Å²) in [5.41, 5.74) is 1.08. The van der Waals surface area contributed by atoms with Gasteiger partial charge in [0.2, 0.25) is 0 Å². The Hall–Kier alpha value is -0.880. The highest BCUT2D eigenvalue weighted by Crippen LogP contribution is 2.22. The highest BCUT2D eigenvalue weighted by molar-refractivity contribution is 9.10. The van der Waals surface area contributed by atoms with E-state index in [0.717, 1.165) is 10.0 Å². The third-order valence-electron chi connectivity index (χ3n) is 2.41. The third kappa shape index (κ3) is 4.59. The summed E-state index contributed by atoms with van der Waals surface area (Å²) < 4.78 is 0.751. The number of anilines is 1. The number of pyridine rings is 1. The summed E-state index contributed by atoms with van der Waals surface area (Å²) in [5, 5.41) is 7.84. The van der Waals surface area contributed by atoms with Crippen LogP contribution in [0.15, 0.2) is 41.0 Å². The first-order chi connectivity index (χ1) is 9.54. The number of hydrogen-bond acceptors (Lipinski definition) is 2. The predicted octanol–water partition coefficient (Wildman–Crippen LogP) is 4.64. The fourth-order valence-electron chi connectivity index (χ4n) is 1.44. The van der Waals surface area contributed by atoms with Crippen molar-refractivity contribution in [3.8, 4) is 0 Å². The molecule has 20 heavy (non-hydrogen) atoms. The van der Waals surface area contributed by atoms with Crippen LogP contribution in [0.2, 0.25) is 10.0 Å². The lowest BCUT2D eigenvalue weighted by molar-refractivity contribution is 0.925. The molecule has 1 aromatic carbocycles. The van der Waals surface area contributed by atoms with Crippen LogP contribution < -0.4 is 10.6 Å². The van der Waals surface area contributed by atoms with Gasteiger partial charge in [0.1, 0.15) is 5.82 Å². The van der Waals surface area contributed by atoms with Gasteiger partial charge < -0.3 is 10.6 Å². The third-order valence-corrected chi connectivity index (χ3v) is 3.72. The molecule has 0 unspecified atom stereocenters. The Morgan fingerprint density at radius 1 is 1.20 bits per heavy atom. The maximum absolute atomic E-state index is 5.83. The number of thiocarbonyl (C=S) groups is 1. The van der Waals surface area contributed by atoms with Crippen molar-refractivity contribution in [1.82, 2.24) is 10.3 Å². The van der Waals surface area contributed by atoms with E-state index in [-0.39, 0.29) is 0 Å². The van der Waals surface area contributed by atoms with Crippen LogP contribution in [-0.4, -0.2) is 10.1 Å². The van der Waals surface area contributed by atoms with Gasteiger partial charge in [0.15, 0.2) is 5.11 Å². The van der Waals surface area contributed by atoms with Gasteiger partial charge in [-0.15, -0.1) is 0 Å². The molecule has 0 saturated carbocycles. The van der Waals surface area contributed by atoms with Crippen molar-refractivity contribution in [3.63, 3.8) is 0 Å². The highest BCUT2D eigenvalue weighted by Gasteiger charge is 2.04. The minimum Gasteiger partial charge on any atom is -0.358 e. The predicted molar refractivity (Wildman–Crippen MR) is 91.5 cm³/mol. The molecule has 0 aliphatic carbocycles. The van der Waals surface area contributed by atoms with Crippen LogP contribution in [-0.2, 0) is 6.54 Å². The molecule has 104 valence electrons. The normalized spacial score (nSPS) is 10.2. The molecule has 0 bridgehead atoms. The summed E-state index contributed by atoms with van der Waals surface area (Å²) in [5.74, 6) is 0.614. The van der Waals surface area contributed by atoms with Gasteiger partial charge in [0, 0.05) is 17.8 Å². The SMILES string of the molecule is S=C(NCc1ccc(Cl)cc1)Nc1ncc(Cl)cc1Br. The molecule has 3 nitrogen and oxygen atoms in total. The summed E-state index contributed by atoms with van der Waals surface area (Å²) >= 11 is 20.2. The maximum Gasteiger partial charge on any atom is 0.172 e. The van der Waals surface area contributed by atoms with E-state index in [1.54, 1.807) is 12.3 Å². The van der Waals surface area contributed by atoms with E-state index in [0.29, 0.717) is 27.5 Å². The first-order valence-electron chi connectivity index (χ1n) is 5.65. The lowest BCUT2D eigenvalue weighted by atomic mass is 10.2. The zero-order valence-corrected chi connectivity index (χ0v) is 14.1. The smallest absolute Gasteiger partial charge is 0.172 e. The van der Waals surface area contributed by atoms with Crippen LogP contribution in [0.4, 0.5) is 5.82 Å². The number of nitrogens with one attached hydrogen (secondary N) is 2. The number of rotatable bonds is 3. The Morgan fingerprint density at radius 2 is 1.90 bits per heavy atom. The number of halogens is 3. The first-order valence-corrected chi connectivity index (χ1v) is 7.60. The van der Waals surface area contributed by atoms with Crippen molar-refractivity contribution in [2.24, 2.45) is 0 Å². The lowest BCUT2D eigenvalue weighted by Crippen LogP contribution is -2.28.